The Morgan fingerprint density at radius 2 is 1.84 bits per heavy atom. The standard InChI is InChI=1S/C13H26ClN2O3/c1-18-11-13(8-14)19-10-12(17)9-16-5-2-15(3-6-16)4-7-16/h12-13,17H,2-11H2,1H3/q+1. The first-order valence-electron chi connectivity index (χ1n) is 7.09. The lowest BCUT2D eigenvalue weighted by Crippen LogP contribution is -2.69. The van der Waals surface area contributed by atoms with Crippen molar-refractivity contribution in [3.05, 3.63) is 0 Å². The summed E-state index contributed by atoms with van der Waals surface area (Å²) in [4.78, 5) is 2.50. The number of aliphatic hydroxyl groups is 1. The Labute approximate surface area is 120 Å². The SMILES string of the molecule is COCC(CCl)OCC(O)C[N+]12CCN(CC1)CC2. The average molecular weight is 294 g/mol. The van der Waals surface area contributed by atoms with Gasteiger partial charge in [0.2, 0.25) is 0 Å². The van der Waals surface area contributed by atoms with E-state index in [0.29, 0.717) is 19.1 Å². The van der Waals surface area contributed by atoms with E-state index in [9.17, 15) is 5.11 Å². The maximum atomic E-state index is 10.2. The van der Waals surface area contributed by atoms with E-state index in [1.54, 1.807) is 7.11 Å². The predicted molar refractivity (Wildman–Crippen MR) is 74.5 cm³/mol. The second-order valence-corrected chi connectivity index (χ2v) is 6.06. The number of alkyl halides is 1. The molecule has 1 N–H and O–H groups in total. The maximum absolute atomic E-state index is 10.2. The molecular formula is C13H26ClN2O3+. The molecule has 0 aromatic heterocycles. The van der Waals surface area contributed by atoms with Crippen LogP contribution >= 0.6 is 11.6 Å². The Morgan fingerprint density at radius 1 is 1.21 bits per heavy atom. The molecule has 3 aliphatic heterocycles. The average Bonchev–Trinajstić information content (AvgIpc) is 2.45. The van der Waals surface area contributed by atoms with Gasteiger partial charge >= 0.3 is 0 Å². The minimum Gasteiger partial charge on any atom is -0.385 e. The molecule has 3 rings (SSSR count). The monoisotopic (exact) mass is 293 g/mol. The molecule has 3 aliphatic rings. The third kappa shape index (κ3) is 4.28. The number of nitrogens with zero attached hydrogens (tertiary/aromatic N) is 2. The molecule has 3 heterocycles. The fraction of sp³-hybridized carbons (Fsp3) is 1.00. The number of hydrogen-bond acceptors (Lipinski definition) is 4. The lowest BCUT2D eigenvalue weighted by atomic mass is 10.1. The second-order valence-electron chi connectivity index (χ2n) is 5.76. The van der Waals surface area contributed by atoms with Gasteiger partial charge in [0, 0.05) is 26.7 Å². The highest BCUT2D eigenvalue weighted by Gasteiger charge is 2.39. The summed E-state index contributed by atoms with van der Waals surface area (Å²) in [5.41, 5.74) is 0. The summed E-state index contributed by atoms with van der Waals surface area (Å²) in [5.74, 6) is 0.398. The lowest BCUT2D eigenvalue weighted by Gasteiger charge is -2.51. The van der Waals surface area contributed by atoms with E-state index in [1.807, 2.05) is 0 Å². The summed E-state index contributed by atoms with van der Waals surface area (Å²) in [6.45, 7) is 8.62. The Balaban J connectivity index is 1.72. The predicted octanol–water partition coefficient (Wildman–Crippen LogP) is -0.236. The van der Waals surface area contributed by atoms with Crippen LogP contribution in [-0.4, -0.2) is 98.7 Å². The number of quaternary nitrogens is 1. The first kappa shape index (κ1) is 15.5. The van der Waals surface area contributed by atoms with Gasteiger partial charge in [0.15, 0.2) is 0 Å². The van der Waals surface area contributed by atoms with Crippen LogP contribution in [0, 0.1) is 0 Å². The second kappa shape index (κ2) is 7.20. The topological polar surface area (TPSA) is 41.9 Å². The van der Waals surface area contributed by atoms with Crippen LogP contribution in [0.1, 0.15) is 0 Å². The number of ether oxygens (including phenoxy) is 2. The van der Waals surface area contributed by atoms with Crippen LogP contribution in [0.2, 0.25) is 0 Å². The molecule has 6 heteroatoms. The van der Waals surface area contributed by atoms with E-state index in [1.165, 1.54) is 19.6 Å². The van der Waals surface area contributed by atoms with Gasteiger partial charge in [-0.25, -0.2) is 0 Å². The molecular weight excluding hydrogens is 268 g/mol. The molecule has 0 aromatic rings. The smallest absolute Gasteiger partial charge is 0.126 e. The first-order valence-corrected chi connectivity index (χ1v) is 7.63. The molecule has 3 saturated heterocycles. The van der Waals surface area contributed by atoms with Crippen molar-refractivity contribution in [2.75, 3.05) is 72.0 Å². The number of methoxy groups -OCH3 is 1. The number of aliphatic hydroxyl groups excluding tert-OH is 1. The van der Waals surface area contributed by atoms with E-state index in [4.69, 9.17) is 21.1 Å². The highest BCUT2D eigenvalue weighted by Crippen LogP contribution is 2.20. The largest absolute Gasteiger partial charge is 0.385 e. The zero-order valence-electron chi connectivity index (χ0n) is 11.8. The van der Waals surface area contributed by atoms with Gasteiger partial charge in [0.1, 0.15) is 12.6 Å². The number of rotatable bonds is 8. The van der Waals surface area contributed by atoms with E-state index in [0.717, 1.165) is 30.7 Å². The van der Waals surface area contributed by atoms with Gasteiger partial charge in [0.05, 0.1) is 44.8 Å². The van der Waals surface area contributed by atoms with Crippen LogP contribution < -0.4 is 0 Å². The fourth-order valence-corrected chi connectivity index (χ4v) is 3.25. The molecule has 19 heavy (non-hydrogen) atoms. The molecule has 0 aliphatic carbocycles. The fourth-order valence-electron chi connectivity index (χ4n) is 3.08. The summed E-state index contributed by atoms with van der Waals surface area (Å²) in [6.07, 6.45) is -0.535. The van der Waals surface area contributed by atoms with Crippen molar-refractivity contribution in [2.45, 2.75) is 12.2 Å². The van der Waals surface area contributed by atoms with Crippen LogP contribution in [0.3, 0.4) is 0 Å². The molecule has 2 unspecified atom stereocenters. The summed E-state index contributed by atoms with van der Waals surface area (Å²) in [7, 11) is 1.63. The van der Waals surface area contributed by atoms with Gasteiger partial charge in [-0.15, -0.1) is 11.6 Å². The molecule has 2 bridgehead atoms. The highest BCUT2D eigenvalue weighted by molar-refractivity contribution is 6.18. The van der Waals surface area contributed by atoms with Crippen molar-refractivity contribution in [1.29, 1.82) is 0 Å². The van der Waals surface area contributed by atoms with Gasteiger partial charge in [-0.2, -0.15) is 0 Å². The van der Waals surface area contributed by atoms with Gasteiger partial charge < -0.3 is 19.1 Å². The van der Waals surface area contributed by atoms with Crippen molar-refractivity contribution in [2.24, 2.45) is 0 Å². The highest BCUT2D eigenvalue weighted by atomic mass is 35.5. The summed E-state index contributed by atoms with van der Waals surface area (Å²) in [5, 5.41) is 10.2. The van der Waals surface area contributed by atoms with Crippen LogP contribution in [-0.2, 0) is 9.47 Å². The molecule has 0 spiro atoms. The first-order chi connectivity index (χ1) is 9.17. The minimum atomic E-state index is -0.410. The Morgan fingerprint density at radius 3 is 2.37 bits per heavy atom. The van der Waals surface area contributed by atoms with E-state index in [-0.39, 0.29) is 6.10 Å². The Kier molecular flexibility index (Phi) is 5.87. The minimum absolute atomic E-state index is 0.125. The van der Waals surface area contributed by atoms with Crippen molar-refractivity contribution in [3.63, 3.8) is 0 Å². The zero-order chi connectivity index (χ0) is 13.7. The molecule has 0 amide bonds. The van der Waals surface area contributed by atoms with Crippen molar-refractivity contribution in [1.82, 2.24) is 4.90 Å². The number of halogens is 1. The molecule has 112 valence electrons. The van der Waals surface area contributed by atoms with Crippen molar-refractivity contribution in [3.8, 4) is 0 Å². The van der Waals surface area contributed by atoms with Gasteiger partial charge in [0.25, 0.3) is 0 Å². The molecule has 0 aromatic carbocycles. The molecule has 0 saturated carbocycles. The number of hydrogen-bond donors (Lipinski definition) is 1. The van der Waals surface area contributed by atoms with E-state index in [2.05, 4.69) is 4.90 Å². The third-order valence-electron chi connectivity index (χ3n) is 4.32. The van der Waals surface area contributed by atoms with E-state index >= 15 is 0 Å². The van der Waals surface area contributed by atoms with Crippen molar-refractivity contribution < 1.29 is 19.1 Å². The Bertz CT molecular complexity index is 259. The summed E-state index contributed by atoms with van der Waals surface area (Å²) < 4.78 is 11.7. The molecule has 2 atom stereocenters. The zero-order valence-corrected chi connectivity index (χ0v) is 12.5. The van der Waals surface area contributed by atoms with Crippen LogP contribution in [0.25, 0.3) is 0 Å². The molecule has 3 fully saturated rings. The van der Waals surface area contributed by atoms with Crippen molar-refractivity contribution >= 4 is 11.6 Å². The van der Waals surface area contributed by atoms with Crippen LogP contribution in [0.5, 0.6) is 0 Å². The van der Waals surface area contributed by atoms with Gasteiger partial charge in [-0.1, -0.05) is 0 Å². The van der Waals surface area contributed by atoms with Crippen LogP contribution in [0.4, 0.5) is 0 Å². The van der Waals surface area contributed by atoms with Gasteiger partial charge in [-0.05, 0) is 0 Å². The lowest BCUT2D eigenvalue weighted by molar-refractivity contribution is -0.943. The number of fused-ring (bicyclic) bond motifs is 3. The molecule has 0 radical (unpaired) electrons. The number of piperazine rings is 3. The normalized spacial score (nSPS) is 33.3. The molecule has 5 nitrogen and oxygen atoms in total. The summed E-state index contributed by atoms with van der Waals surface area (Å²) >= 11 is 5.79. The quantitative estimate of drug-likeness (QED) is 0.496. The van der Waals surface area contributed by atoms with E-state index < -0.39 is 6.10 Å². The van der Waals surface area contributed by atoms with Gasteiger partial charge in [-0.3, -0.25) is 4.90 Å². The summed E-state index contributed by atoms with van der Waals surface area (Å²) in [6, 6.07) is 0. The Hall–Kier alpha value is 0.0900. The van der Waals surface area contributed by atoms with Crippen LogP contribution in [0.15, 0.2) is 0 Å². The third-order valence-corrected chi connectivity index (χ3v) is 4.66. The maximum Gasteiger partial charge on any atom is 0.126 e.